The van der Waals surface area contributed by atoms with Gasteiger partial charge in [0.2, 0.25) is 10.0 Å². The van der Waals surface area contributed by atoms with Crippen molar-refractivity contribution in [3.63, 3.8) is 0 Å². The highest BCUT2D eigenvalue weighted by Gasteiger charge is 2.35. The molecule has 0 bridgehead atoms. The molecule has 5 heteroatoms. The maximum absolute atomic E-state index is 13.1. The SMILES string of the molecule is CCCCCCC[C@H]1C[C@H](Br)CCN1S(=O)(=O)c1ccc(C)cc1. The van der Waals surface area contributed by atoms with Crippen molar-refractivity contribution in [3.05, 3.63) is 29.8 Å². The summed E-state index contributed by atoms with van der Waals surface area (Å²) in [5.74, 6) is 0. The van der Waals surface area contributed by atoms with Gasteiger partial charge in [0, 0.05) is 17.4 Å². The molecule has 1 aliphatic heterocycles. The van der Waals surface area contributed by atoms with Gasteiger partial charge < -0.3 is 0 Å². The lowest BCUT2D eigenvalue weighted by Crippen LogP contribution is -2.46. The number of piperidine rings is 1. The molecule has 2 atom stereocenters. The van der Waals surface area contributed by atoms with Crippen LogP contribution in [0.1, 0.15) is 63.9 Å². The van der Waals surface area contributed by atoms with Crippen LogP contribution in [0.4, 0.5) is 0 Å². The standard InChI is InChI=1S/C19H30BrNO2S/c1-3-4-5-6-7-8-18-15-17(20)13-14-21(18)24(22,23)19-11-9-16(2)10-12-19/h9-12,17-18H,3-8,13-15H2,1-2H3/t17-,18+/m1/s1. The molecule has 1 saturated heterocycles. The minimum absolute atomic E-state index is 0.121. The van der Waals surface area contributed by atoms with Gasteiger partial charge in [0.25, 0.3) is 0 Å². The summed E-state index contributed by atoms with van der Waals surface area (Å²) in [6.07, 6.45) is 8.86. The number of alkyl halides is 1. The monoisotopic (exact) mass is 415 g/mol. The van der Waals surface area contributed by atoms with Gasteiger partial charge in [-0.05, 0) is 38.3 Å². The molecule has 0 spiro atoms. The topological polar surface area (TPSA) is 37.4 Å². The van der Waals surface area contributed by atoms with Gasteiger partial charge in [0.15, 0.2) is 0 Å². The number of hydrogen-bond donors (Lipinski definition) is 0. The molecule has 2 rings (SSSR count). The summed E-state index contributed by atoms with van der Waals surface area (Å²) in [7, 11) is -3.39. The number of benzene rings is 1. The normalized spacial score (nSPS) is 22.6. The predicted octanol–water partition coefficient (Wildman–Crippen LogP) is 5.27. The van der Waals surface area contributed by atoms with Crippen molar-refractivity contribution in [2.24, 2.45) is 0 Å². The Balaban J connectivity index is 2.07. The van der Waals surface area contributed by atoms with Crippen LogP contribution >= 0.6 is 15.9 Å². The van der Waals surface area contributed by atoms with Gasteiger partial charge in [0.05, 0.1) is 4.90 Å². The Morgan fingerprint density at radius 3 is 2.46 bits per heavy atom. The molecule has 1 aromatic rings. The van der Waals surface area contributed by atoms with Gasteiger partial charge in [-0.25, -0.2) is 8.42 Å². The Hall–Kier alpha value is -0.390. The molecule has 1 fully saturated rings. The second-order valence-electron chi connectivity index (χ2n) is 6.91. The predicted molar refractivity (Wildman–Crippen MR) is 104 cm³/mol. The fourth-order valence-corrected chi connectivity index (χ4v) is 5.70. The number of hydrogen-bond acceptors (Lipinski definition) is 2. The quantitative estimate of drug-likeness (QED) is 0.428. The van der Waals surface area contributed by atoms with Crippen molar-refractivity contribution in [1.82, 2.24) is 4.31 Å². The minimum atomic E-state index is -3.39. The lowest BCUT2D eigenvalue weighted by atomic mass is 9.98. The third-order valence-electron chi connectivity index (χ3n) is 4.87. The van der Waals surface area contributed by atoms with E-state index in [0.29, 0.717) is 16.3 Å². The molecule has 1 heterocycles. The van der Waals surface area contributed by atoms with Gasteiger partial charge in [-0.2, -0.15) is 4.31 Å². The van der Waals surface area contributed by atoms with Gasteiger partial charge >= 0.3 is 0 Å². The van der Waals surface area contributed by atoms with Crippen molar-refractivity contribution in [1.29, 1.82) is 0 Å². The van der Waals surface area contributed by atoms with E-state index in [9.17, 15) is 8.42 Å². The zero-order valence-corrected chi connectivity index (χ0v) is 17.3. The van der Waals surface area contributed by atoms with E-state index >= 15 is 0 Å². The Labute approximate surface area is 156 Å². The van der Waals surface area contributed by atoms with Gasteiger partial charge in [-0.3, -0.25) is 0 Å². The van der Waals surface area contributed by atoms with E-state index in [-0.39, 0.29) is 6.04 Å². The van der Waals surface area contributed by atoms with E-state index in [1.54, 1.807) is 16.4 Å². The van der Waals surface area contributed by atoms with Gasteiger partial charge in [0.1, 0.15) is 0 Å². The number of sulfonamides is 1. The summed E-state index contributed by atoms with van der Waals surface area (Å²) in [5, 5.41) is 0. The van der Waals surface area contributed by atoms with Gasteiger partial charge in [-0.15, -0.1) is 0 Å². The number of rotatable bonds is 8. The van der Waals surface area contributed by atoms with Crippen LogP contribution in [0.5, 0.6) is 0 Å². The van der Waals surface area contributed by atoms with Crippen LogP contribution in [0.15, 0.2) is 29.2 Å². The average molecular weight is 416 g/mol. The van der Waals surface area contributed by atoms with Crippen LogP contribution < -0.4 is 0 Å². The number of nitrogens with zero attached hydrogens (tertiary/aromatic N) is 1. The van der Waals surface area contributed by atoms with Crippen LogP contribution in [0, 0.1) is 6.92 Å². The van der Waals surface area contributed by atoms with Crippen LogP contribution in [0.3, 0.4) is 0 Å². The fourth-order valence-electron chi connectivity index (χ4n) is 3.39. The molecule has 136 valence electrons. The third-order valence-corrected chi connectivity index (χ3v) is 7.66. The summed E-state index contributed by atoms with van der Waals surface area (Å²) < 4.78 is 27.9. The summed E-state index contributed by atoms with van der Waals surface area (Å²) in [6, 6.07) is 7.36. The van der Waals surface area contributed by atoms with Crippen molar-refractivity contribution in [3.8, 4) is 0 Å². The Bertz CT molecular complexity index is 600. The first-order chi connectivity index (χ1) is 11.4. The highest BCUT2D eigenvalue weighted by atomic mass is 79.9. The average Bonchev–Trinajstić information content (AvgIpc) is 2.55. The number of aryl methyl sites for hydroxylation is 1. The molecule has 3 nitrogen and oxygen atoms in total. The van der Waals surface area contributed by atoms with E-state index in [4.69, 9.17) is 0 Å². The number of halogens is 1. The molecule has 1 aliphatic rings. The first kappa shape index (κ1) is 19.9. The smallest absolute Gasteiger partial charge is 0.207 e. The second-order valence-corrected chi connectivity index (χ2v) is 10.1. The summed E-state index contributed by atoms with van der Waals surface area (Å²) in [5.41, 5.74) is 1.08. The number of unbranched alkanes of at least 4 members (excludes halogenated alkanes) is 4. The van der Waals surface area contributed by atoms with Crippen LogP contribution in [0.2, 0.25) is 0 Å². The van der Waals surface area contributed by atoms with E-state index in [1.165, 1.54) is 25.7 Å². The van der Waals surface area contributed by atoms with Crippen molar-refractivity contribution >= 4 is 26.0 Å². The molecule has 0 N–H and O–H groups in total. The van der Waals surface area contributed by atoms with E-state index in [1.807, 2.05) is 19.1 Å². The van der Waals surface area contributed by atoms with Crippen molar-refractivity contribution in [2.45, 2.75) is 81.0 Å². The van der Waals surface area contributed by atoms with Crippen LogP contribution in [-0.4, -0.2) is 30.1 Å². The summed E-state index contributed by atoms with van der Waals surface area (Å²) >= 11 is 3.70. The molecule has 0 amide bonds. The highest BCUT2D eigenvalue weighted by molar-refractivity contribution is 9.09. The molecular weight excluding hydrogens is 386 g/mol. The summed E-state index contributed by atoms with van der Waals surface area (Å²) in [4.78, 5) is 0.861. The minimum Gasteiger partial charge on any atom is -0.207 e. The van der Waals surface area contributed by atoms with Crippen molar-refractivity contribution in [2.75, 3.05) is 6.54 Å². The van der Waals surface area contributed by atoms with Gasteiger partial charge in [-0.1, -0.05) is 72.7 Å². The highest BCUT2D eigenvalue weighted by Crippen LogP contribution is 2.31. The lowest BCUT2D eigenvalue weighted by Gasteiger charge is -2.37. The van der Waals surface area contributed by atoms with Crippen LogP contribution in [-0.2, 0) is 10.0 Å². The van der Waals surface area contributed by atoms with Crippen LogP contribution in [0.25, 0.3) is 0 Å². The molecule has 0 unspecified atom stereocenters. The maximum Gasteiger partial charge on any atom is 0.243 e. The fraction of sp³-hybridized carbons (Fsp3) is 0.684. The molecule has 1 aromatic carbocycles. The third kappa shape index (κ3) is 5.30. The maximum atomic E-state index is 13.1. The largest absolute Gasteiger partial charge is 0.243 e. The first-order valence-corrected chi connectivity index (χ1v) is 11.5. The van der Waals surface area contributed by atoms with E-state index in [0.717, 1.165) is 31.2 Å². The Kier molecular flexibility index (Phi) is 7.76. The second kappa shape index (κ2) is 9.35. The zero-order valence-electron chi connectivity index (χ0n) is 14.9. The molecule has 0 saturated carbocycles. The summed E-state index contributed by atoms with van der Waals surface area (Å²) in [6.45, 7) is 4.81. The molecule has 24 heavy (non-hydrogen) atoms. The Morgan fingerprint density at radius 2 is 1.79 bits per heavy atom. The zero-order chi connectivity index (χ0) is 17.6. The van der Waals surface area contributed by atoms with Crippen molar-refractivity contribution < 1.29 is 8.42 Å². The molecule has 0 aromatic heterocycles. The molecule has 0 radical (unpaired) electrons. The Morgan fingerprint density at radius 1 is 1.12 bits per heavy atom. The molecular formula is C19H30BrNO2S. The van der Waals surface area contributed by atoms with E-state index in [2.05, 4.69) is 22.9 Å². The lowest BCUT2D eigenvalue weighted by molar-refractivity contribution is 0.242. The molecule has 0 aliphatic carbocycles. The first-order valence-electron chi connectivity index (χ1n) is 9.17. The van der Waals surface area contributed by atoms with E-state index < -0.39 is 10.0 Å².